The first-order chi connectivity index (χ1) is 6.63. The predicted octanol–water partition coefficient (Wildman–Crippen LogP) is 1.22. The van der Waals surface area contributed by atoms with Crippen LogP contribution in [0.4, 0.5) is 0 Å². The van der Waals surface area contributed by atoms with Crippen LogP contribution in [0.1, 0.15) is 15.6 Å². The molecule has 1 aromatic heterocycles. The molecule has 16 heavy (non-hydrogen) atoms. The number of aryl methyl sites for hydroxylation is 2. The van der Waals surface area contributed by atoms with E-state index in [1.54, 1.807) is 11.3 Å². The Labute approximate surface area is 112 Å². The van der Waals surface area contributed by atoms with Gasteiger partial charge in [0.15, 0.2) is 0 Å². The molecule has 0 saturated carbocycles. The Kier molecular flexibility index (Phi) is 9.86. The van der Waals surface area contributed by atoms with E-state index in [2.05, 4.69) is 17.2 Å². The molecule has 0 atom stereocenters. The maximum Gasteiger partial charge on any atom is 0.233 e. The van der Waals surface area contributed by atoms with Crippen LogP contribution in [0.5, 0.6) is 0 Å². The van der Waals surface area contributed by atoms with Crippen LogP contribution in [0, 0.1) is 13.8 Å². The van der Waals surface area contributed by atoms with Crippen molar-refractivity contribution in [3.63, 3.8) is 0 Å². The van der Waals surface area contributed by atoms with Gasteiger partial charge in [0.05, 0.1) is 17.2 Å². The third kappa shape index (κ3) is 5.65. The molecule has 0 spiro atoms. The second-order valence-electron chi connectivity index (χ2n) is 3.05. The Bertz CT molecular complexity index is 311. The number of hydrogen-bond donors (Lipinski definition) is 2. The quantitative estimate of drug-likeness (QED) is 0.874. The van der Waals surface area contributed by atoms with Crippen molar-refractivity contribution in [3.8, 4) is 0 Å². The average molecular weight is 286 g/mol. The maximum atomic E-state index is 10.8. The van der Waals surface area contributed by atoms with Crippen molar-refractivity contribution in [1.29, 1.82) is 0 Å². The van der Waals surface area contributed by atoms with E-state index in [4.69, 9.17) is 5.73 Å². The highest BCUT2D eigenvalue weighted by molar-refractivity contribution is 7.11. The van der Waals surface area contributed by atoms with E-state index in [1.807, 2.05) is 6.92 Å². The smallest absolute Gasteiger partial charge is 0.233 e. The normalized spacial score (nSPS) is 8.94. The number of thiazole rings is 1. The minimum Gasteiger partial charge on any atom is -0.355 e. The second-order valence-corrected chi connectivity index (χ2v) is 4.34. The molecule has 0 radical (unpaired) electrons. The number of aromatic nitrogens is 1. The predicted molar refractivity (Wildman–Crippen MR) is 71.9 cm³/mol. The van der Waals surface area contributed by atoms with Gasteiger partial charge in [0, 0.05) is 17.8 Å². The Morgan fingerprint density at radius 2 is 2.06 bits per heavy atom. The van der Waals surface area contributed by atoms with E-state index < -0.39 is 0 Å². The van der Waals surface area contributed by atoms with Gasteiger partial charge in [-0.25, -0.2) is 4.98 Å². The summed E-state index contributed by atoms with van der Waals surface area (Å²) < 4.78 is 0. The lowest BCUT2D eigenvalue weighted by molar-refractivity contribution is -0.119. The Balaban J connectivity index is 0. The zero-order chi connectivity index (χ0) is 10.6. The van der Waals surface area contributed by atoms with Gasteiger partial charge in [-0.3, -0.25) is 4.79 Å². The number of carbonyl (C=O) groups is 1. The fourth-order valence-corrected chi connectivity index (χ4v) is 1.96. The Hall–Kier alpha value is -0.360. The second kappa shape index (κ2) is 8.75. The molecule has 0 aliphatic rings. The summed E-state index contributed by atoms with van der Waals surface area (Å²) in [4.78, 5) is 16.4. The summed E-state index contributed by atoms with van der Waals surface area (Å²) in [6, 6.07) is 0. The van der Waals surface area contributed by atoms with E-state index in [9.17, 15) is 4.79 Å². The van der Waals surface area contributed by atoms with Crippen molar-refractivity contribution >= 4 is 42.1 Å². The lowest BCUT2D eigenvalue weighted by atomic mass is 10.4. The molecular weight excluding hydrogens is 269 g/mol. The van der Waals surface area contributed by atoms with Gasteiger partial charge in [-0.15, -0.1) is 36.2 Å². The molecule has 1 aromatic rings. The van der Waals surface area contributed by atoms with E-state index in [0.29, 0.717) is 6.54 Å². The summed E-state index contributed by atoms with van der Waals surface area (Å²) in [5, 5.41) is 3.78. The number of amides is 1. The molecule has 1 heterocycles. The molecule has 4 nitrogen and oxygen atoms in total. The van der Waals surface area contributed by atoms with Crippen LogP contribution in [-0.2, 0) is 11.2 Å². The third-order valence-corrected chi connectivity index (χ3v) is 3.05. The van der Waals surface area contributed by atoms with Gasteiger partial charge in [0.25, 0.3) is 0 Å². The van der Waals surface area contributed by atoms with E-state index in [-0.39, 0.29) is 37.3 Å². The Morgan fingerprint density at radius 1 is 1.44 bits per heavy atom. The van der Waals surface area contributed by atoms with Gasteiger partial charge < -0.3 is 11.1 Å². The monoisotopic (exact) mass is 285 g/mol. The number of nitrogens with one attached hydrogen (secondary N) is 1. The summed E-state index contributed by atoms with van der Waals surface area (Å²) in [6.45, 7) is 4.71. The fraction of sp³-hybridized carbons (Fsp3) is 0.556. The molecule has 3 N–H and O–H groups in total. The molecule has 0 unspecified atom stereocenters. The molecular formula is C9H17Cl2N3OS. The molecule has 0 aliphatic heterocycles. The zero-order valence-corrected chi connectivity index (χ0v) is 11.7. The molecule has 0 aliphatic carbocycles. The van der Waals surface area contributed by atoms with Crippen molar-refractivity contribution in [2.45, 2.75) is 20.3 Å². The van der Waals surface area contributed by atoms with Crippen LogP contribution in [0.3, 0.4) is 0 Å². The van der Waals surface area contributed by atoms with Gasteiger partial charge in [-0.05, 0) is 13.8 Å². The highest BCUT2D eigenvalue weighted by Gasteiger charge is 2.03. The van der Waals surface area contributed by atoms with Crippen LogP contribution in [-0.4, -0.2) is 24.0 Å². The fourth-order valence-electron chi connectivity index (χ4n) is 1.03. The van der Waals surface area contributed by atoms with Crippen molar-refractivity contribution in [3.05, 3.63) is 15.6 Å². The number of carbonyl (C=O) groups excluding carboxylic acids is 1. The molecule has 0 saturated heterocycles. The van der Waals surface area contributed by atoms with Gasteiger partial charge in [0.1, 0.15) is 0 Å². The van der Waals surface area contributed by atoms with E-state index in [0.717, 1.165) is 17.1 Å². The summed E-state index contributed by atoms with van der Waals surface area (Å²) in [5.41, 5.74) is 6.23. The van der Waals surface area contributed by atoms with Crippen molar-refractivity contribution in [2.75, 3.05) is 13.1 Å². The first-order valence-electron chi connectivity index (χ1n) is 4.53. The molecule has 7 heteroatoms. The van der Waals surface area contributed by atoms with Gasteiger partial charge in [0.2, 0.25) is 5.91 Å². The molecule has 1 amide bonds. The minimum absolute atomic E-state index is 0. The third-order valence-electron chi connectivity index (χ3n) is 1.92. The average Bonchev–Trinajstić information content (AvgIpc) is 2.46. The molecule has 1 rings (SSSR count). The zero-order valence-electron chi connectivity index (χ0n) is 9.28. The van der Waals surface area contributed by atoms with Crippen molar-refractivity contribution in [2.24, 2.45) is 5.73 Å². The van der Waals surface area contributed by atoms with Gasteiger partial charge >= 0.3 is 0 Å². The number of nitrogens with zero attached hydrogens (tertiary/aromatic N) is 1. The van der Waals surface area contributed by atoms with Crippen molar-refractivity contribution in [1.82, 2.24) is 10.3 Å². The number of hydrogen-bond acceptors (Lipinski definition) is 4. The summed E-state index contributed by atoms with van der Waals surface area (Å²) in [6.07, 6.45) is 0.783. The highest BCUT2D eigenvalue weighted by Crippen LogP contribution is 2.16. The number of nitrogens with two attached hydrogens (primary N) is 1. The minimum atomic E-state index is -0.116. The SMILES string of the molecule is Cc1nc(CCNC(=O)CN)sc1C.Cl.Cl. The van der Waals surface area contributed by atoms with Gasteiger partial charge in [-0.1, -0.05) is 0 Å². The summed E-state index contributed by atoms with van der Waals surface area (Å²) in [5.74, 6) is -0.116. The van der Waals surface area contributed by atoms with Crippen LogP contribution in [0.25, 0.3) is 0 Å². The topological polar surface area (TPSA) is 68.0 Å². The largest absolute Gasteiger partial charge is 0.355 e. The lowest BCUT2D eigenvalue weighted by Gasteiger charge is -2.00. The van der Waals surface area contributed by atoms with Crippen LogP contribution in [0.2, 0.25) is 0 Å². The van der Waals surface area contributed by atoms with Crippen LogP contribution < -0.4 is 11.1 Å². The summed E-state index contributed by atoms with van der Waals surface area (Å²) in [7, 11) is 0. The molecule has 0 aromatic carbocycles. The molecule has 0 bridgehead atoms. The van der Waals surface area contributed by atoms with Crippen molar-refractivity contribution < 1.29 is 4.79 Å². The number of halogens is 2. The number of rotatable bonds is 4. The first kappa shape index (κ1) is 18.0. The molecule has 0 fully saturated rings. The van der Waals surface area contributed by atoms with E-state index >= 15 is 0 Å². The summed E-state index contributed by atoms with van der Waals surface area (Å²) >= 11 is 1.68. The Morgan fingerprint density at radius 3 is 2.50 bits per heavy atom. The van der Waals surface area contributed by atoms with Crippen LogP contribution >= 0.6 is 36.2 Å². The standard InChI is InChI=1S/C9H15N3OS.2ClH/c1-6-7(2)14-9(12-6)3-4-11-8(13)5-10;;/h3-5,10H2,1-2H3,(H,11,13);2*1H. The molecule has 94 valence electrons. The first-order valence-corrected chi connectivity index (χ1v) is 5.34. The highest BCUT2D eigenvalue weighted by atomic mass is 35.5. The van der Waals surface area contributed by atoms with E-state index in [1.165, 1.54) is 4.88 Å². The lowest BCUT2D eigenvalue weighted by Crippen LogP contribution is -2.31. The van der Waals surface area contributed by atoms with Gasteiger partial charge in [-0.2, -0.15) is 0 Å². The maximum absolute atomic E-state index is 10.8. The van der Waals surface area contributed by atoms with Crippen LogP contribution in [0.15, 0.2) is 0 Å².